The molecule has 3 radical (unpaired) electrons. The van der Waals surface area contributed by atoms with E-state index in [1.807, 2.05) is 0 Å². The van der Waals surface area contributed by atoms with E-state index in [1.54, 1.807) is 0 Å². The molecule has 0 aromatic rings. The van der Waals surface area contributed by atoms with Gasteiger partial charge >= 0.3 is 50.5 Å². The monoisotopic (exact) mass is 815 g/mol. The molecule has 0 N–H and O–H groups in total. The second kappa shape index (κ2) is 55.4. The largest absolute Gasteiger partial charge is 0 e. The minimum absolute atomic E-state index is 0. The zero-order chi connectivity index (χ0) is 4.71. The van der Waals surface area contributed by atoms with Crippen LogP contribution in [0.3, 0.4) is 0 Å². The van der Waals surface area contributed by atoms with Crippen LogP contribution in [0.15, 0.2) is 0 Å². The van der Waals surface area contributed by atoms with Gasteiger partial charge in [-0.25, -0.2) is 0 Å². The Morgan fingerprint density at radius 1 is 1.22 bits per heavy atom. The Kier molecular flexibility index (Phi) is 232. The van der Waals surface area contributed by atoms with E-state index < -0.39 is 0 Å². The summed E-state index contributed by atoms with van der Waals surface area (Å²) in [5.74, 6) is 0. The van der Waals surface area contributed by atoms with Crippen LogP contribution in [0.25, 0.3) is 0 Å². The summed E-state index contributed by atoms with van der Waals surface area (Å²) in [5, 5.41) is 0. The van der Waals surface area contributed by atoms with E-state index in [0.717, 1.165) is 0 Å². The van der Waals surface area contributed by atoms with Crippen molar-refractivity contribution in [3.8, 4) is 0 Å². The quantitative estimate of drug-likeness (QED) is 0.260. The average Bonchev–Trinajstić information content (AvgIpc) is 1.46. The van der Waals surface area contributed by atoms with Crippen LogP contribution in [0.4, 0.5) is 4.70 Å². The van der Waals surface area contributed by atoms with Crippen LogP contribution in [-0.4, -0.2) is 8.41 Å². The van der Waals surface area contributed by atoms with Crippen LogP contribution in [-0.2, 0) is 0 Å². The molecular weight excluding hydrogens is 803 g/mol. The first-order chi connectivity index (χ1) is 2.41. The smallest absolute Gasteiger partial charge is 0 e. The van der Waals surface area contributed by atoms with Crippen molar-refractivity contribution in [2.45, 2.75) is 7.43 Å². The number of hydrogen-bond acceptors (Lipinski definition) is 0. The first-order valence-corrected chi connectivity index (χ1v) is 19.3. The first-order valence-electron chi connectivity index (χ1n) is 0.429. The SMILES string of the molecule is C.F.I.II.I[I-]I.[2HH].[B].[HH]. The summed E-state index contributed by atoms with van der Waals surface area (Å²) in [7, 11) is 0. The molecule has 0 amide bonds. The third kappa shape index (κ3) is 69.6. The normalized spacial score (nSPS) is 3.11. The van der Waals surface area contributed by atoms with Crippen molar-refractivity contribution in [3.05, 3.63) is 0 Å². The standard InChI is InChI=1S/CH4.B.FH.I3.I2.HI.2H2/c;;;1-3-2;1-2;;;/h1H4;;1H;;;3*1H/q;;;-1;;;;/i;;;;;;1+1;. The van der Waals surface area contributed by atoms with Gasteiger partial charge in [0.25, 0.3) is 0 Å². The van der Waals surface area contributed by atoms with Gasteiger partial charge < -0.3 is 0 Å². The Morgan fingerprint density at radius 2 is 1.22 bits per heavy atom. The summed E-state index contributed by atoms with van der Waals surface area (Å²) < 4.78 is 0. The minimum Gasteiger partial charge on any atom is 0 e. The molecule has 0 aliphatic carbocycles. The molecular formula is CH10BFI6-. The first kappa shape index (κ1) is 37.7. The molecule has 0 unspecified atom stereocenters. The van der Waals surface area contributed by atoms with E-state index in [9.17, 15) is 0 Å². The van der Waals surface area contributed by atoms with Gasteiger partial charge in [0.05, 0.1) is 0 Å². The summed E-state index contributed by atoms with van der Waals surface area (Å²) in [6, 6.07) is 0. The predicted octanol–water partition coefficient (Wildman–Crippen LogP) is 2.06. The molecule has 0 aromatic carbocycles. The van der Waals surface area contributed by atoms with Crippen LogP contribution < -0.4 is 13.3 Å². The zero-order valence-electron chi connectivity index (χ0n) is 3.28. The fourth-order valence-electron chi connectivity index (χ4n) is 0. The van der Waals surface area contributed by atoms with Crippen molar-refractivity contribution in [1.82, 2.24) is 0 Å². The van der Waals surface area contributed by atoms with Crippen LogP contribution in [0.5, 0.6) is 0 Å². The summed E-state index contributed by atoms with van der Waals surface area (Å²) >= 11 is 9.54. The second-order valence-electron chi connectivity index (χ2n) is 0.0540. The molecule has 67 valence electrons. The maximum atomic E-state index is 2.39. The molecule has 0 aliphatic heterocycles. The van der Waals surface area contributed by atoms with Gasteiger partial charge in [-0.15, -0.1) is 24.0 Å². The van der Waals surface area contributed by atoms with Gasteiger partial charge in [-0.2, -0.15) is 0 Å². The van der Waals surface area contributed by atoms with Crippen molar-refractivity contribution < 1.29 is 20.8 Å². The van der Waals surface area contributed by atoms with Crippen molar-refractivity contribution in [2.24, 2.45) is 0 Å². The van der Waals surface area contributed by atoms with Crippen LogP contribution in [0, 0.1) is 0 Å². The predicted molar refractivity (Wildman–Crippen MR) is 90.7 cm³/mol. The van der Waals surface area contributed by atoms with Crippen molar-refractivity contribution in [2.75, 3.05) is 0 Å². The molecule has 0 aliphatic rings. The molecule has 0 saturated heterocycles. The fraction of sp³-hybridized carbons (Fsp3) is 1.00. The Hall–Kier alpha value is 4.37. The number of halogens is 7. The van der Waals surface area contributed by atoms with Crippen molar-refractivity contribution in [3.63, 3.8) is 0 Å². The molecule has 0 spiro atoms. The molecule has 8 heteroatoms. The topological polar surface area (TPSA) is 0 Å². The van der Waals surface area contributed by atoms with Crippen molar-refractivity contribution in [1.29, 1.82) is 0 Å². The van der Waals surface area contributed by atoms with Gasteiger partial charge in [0.1, 0.15) is 0 Å². The Labute approximate surface area is 131 Å². The molecule has 0 bridgehead atoms. The Balaban J connectivity index is -0.00000000181. The van der Waals surface area contributed by atoms with E-state index in [2.05, 4.69) is 74.5 Å². The second-order valence-corrected chi connectivity index (χ2v) is 16.3. The van der Waals surface area contributed by atoms with Gasteiger partial charge in [0.2, 0.25) is 0 Å². The number of hydrogen-bond donors (Lipinski definition) is 0. The van der Waals surface area contributed by atoms with E-state index in [-0.39, 0.29) is 47.4 Å². The molecule has 0 saturated carbocycles. The third-order valence-corrected chi connectivity index (χ3v) is 0. The Bertz CT molecular complexity index is 20.5. The molecule has 0 nitrogen and oxygen atoms in total. The van der Waals surface area contributed by atoms with Gasteiger partial charge in [-0.3, -0.25) is 4.70 Å². The van der Waals surface area contributed by atoms with Crippen LogP contribution in [0.1, 0.15) is 10.3 Å². The zero-order valence-corrected chi connectivity index (χ0v) is 16.4. The Morgan fingerprint density at radius 3 is 1.22 bits per heavy atom. The van der Waals surface area contributed by atoms with E-state index >= 15 is 0 Å². The van der Waals surface area contributed by atoms with Gasteiger partial charge in [-0.1, -0.05) is 7.43 Å². The molecule has 0 aromatic heterocycles. The van der Waals surface area contributed by atoms with Gasteiger partial charge in [-0.05, 0) is 0 Å². The summed E-state index contributed by atoms with van der Waals surface area (Å²) in [6.45, 7) is 0. The molecule has 0 heterocycles. The molecule has 0 fully saturated rings. The van der Waals surface area contributed by atoms with Gasteiger partial charge in [0.15, 0.2) is 0 Å². The minimum atomic E-state index is 0. The maximum Gasteiger partial charge on any atom is 0 e. The van der Waals surface area contributed by atoms with Crippen LogP contribution >= 0.6 is 98.4 Å². The maximum absolute atomic E-state index is 2.39. The molecule has 0 atom stereocenters. The van der Waals surface area contributed by atoms with Crippen LogP contribution in [0.2, 0.25) is 0 Å². The summed E-state index contributed by atoms with van der Waals surface area (Å²) in [6.07, 6.45) is 0. The van der Waals surface area contributed by atoms with Gasteiger partial charge in [0, 0.05) is 48.5 Å². The number of rotatable bonds is 0. The molecule has 0 rings (SSSR count). The molecule has 9 heavy (non-hydrogen) atoms. The van der Waals surface area contributed by atoms with E-state index in [4.69, 9.17) is 0 Å². The third-order valence-electron chi connectivity index (χ3n) is 0. The average molecular weight is 814 g/mol. The summed E-state index contributed by atoms with van der Waals surface area (Å²) in [4.78, 5) is 0. The fourth-order valence-corrected chi connectivity index (χ4v) is 0. The van der Waals surface area contributed by atoms with Crippen molar-refractivity contribution >= 4 is 107 Å². The van der Waals surface area contributed by atoms with E-state index in [1.165, 1.54) is 0 Å². The summed E-state index contributed by atoms with van der Waals surface area (Å²) in [5.41, 5.74) is 0. The van der Waals surface area contributed by atoms with E-state index in [0.29, 0.717) is 13.3 Å².